The van der Waals surface area contributed by atoms with Crippen molar-refractivity contribution < 1.29 is 9.90 Å². The Bertz CT molecular complexity index is 369. The van der Waals surface area contributed by atoms with Crippen molar-refractivity contribution >= 4 is 17.7 Å². The van der Waals surface area contributed by atoms with Crippen LogP contribution in [0.25, 0.3) is 0 Å². The fourth-order valence-electron chi connectivity index (χ4n) is 1.96. The Morgan fingerprint density at radius 1 is 1.56 bits per heavy atom. The third-order valence-corrected chi connectivity index (χ3v) is 3.91. The van der Waals surface area contributed by atoms with E-state index in [4.69, 9.17) is 0 Å². The number of amides is 1. The number of thioether (sulfide) groups is 1. The SMILES string of the molecule is O=C(CCCCn1c[c]nc1)N1CCSC(O)C1. The molecule has 1 amide bonds. The number of nitrogens with zero attached hydrogens (tertiary/aromatic N) is 3. The average Bonchev–Trinajstić information content (AvgIpc) is 2.87. The predicted octanol–water partition coefficient (Wildman–Crippen LogP) is 0.747. The van der Waals surface area contributed by atoms with Crippen LogP contribution in [-0.2, 0) is 11.3 Å². The van der Waals surface area contributed by atoms with Crippen LogP contribution >= 0.6 is 11.8 Å². The molecule has 2 heterocycles. The number of aliphatic hydroxyl groups is 1. The maximum atomic E-state index is 11.9. The summed E-state index contributed by atoms with van der Waals surface area (Å²) in [5.74, 6) is 0.990. The van der Waals surface area contributed by atoms with Crippen molar-refractivity contribution in [3.8, 4) is 0 Å². The molecule has 5 nitrogen and oxygen atoms in total. The monoisotopic (exact) mass is 268 g/mol. The molecule has 2 rings (SSSR count). The topological polar surface area (TPSA) is 58.4 Å². The Morgan fingerprint density at radius 2 is 2.44 bits per heavy atom. The van der Waals surface area contributed by atoms with Crippen LogP contribution in [0.4, 0.5) is 0 Å². The third kappa shape index (κ3) is 4.03. The minimum absolute atomic E-state index is 0.159. The van der Waals surface area contributed by atoms with Gasteiger partial charge >= 0.3 is 0 Å². The van der Waals surface area contributed by atoms with Gasteiger partial charge in [0.2, 0.25) is 5.91 Å². The molecule has 1 atom stereocenters. The van der Waals surface area contributed by atoms with Crippen LogP contribution in [0.1, 0.15) is 19.3 Å². The highest BCUT2D eigenvalue weighted by Gasteiger charge is 2.21. The van der Waals surface area contributed by atoms with Crippen molar-refractivity contribution in [2.75, 3.05) is 18.8 Å². The first kappa shape index (κ1) is 13.4. The molecule has 18 heavy (non-hydrogen) atoms. The lowest BCUT2D eigenvalue weighted by Crippen LogP contribution is -2.41. The first-order chi connectivity index (χ1) is 8.75. The Morgan fingerprint density at radius 3 is 3.17 bits per heavy atom. The largest absolute Gasteiger partial charge is 0.381 e. The van der Waals surface area contributed by atoms with Crippen molar-refractivity contribution in [2.24, 2.45) is 0 Å². The summed E-state index contributed by atoms with van der Waals surface area (Å²) in [6.45, 7) is 2.11. The van der Waals surface area contributed by atoms with Crippen molar-refractivity contribution in [3.05, 3.63) is 18.7 Å². The number of β-amino-alcohol motifs (C(OH)–C–C–N with tert-alkyl or cyclic N) is 1. The number of rotatable bonds is 5. The number of imidazole rings is 1. The minimum Gasteiger partial charge on any atom is -0.381 e. The molecule has 0 bridgehead atoms. The first-order valence-electron chi connectivity index (χ1n) is 6.21. The molecule has 1 aromatic heterocycles. The molecular formula is C12H18N3O2S. The van der Waals surface area contributed by atoms with Gasteiger partial charge in [-0.2, -0.15) is 0 Å². The third-order valence-electron chi connectivity index (χ3n) is 2.96. The number of hydrogen-bond donors (Lipinski definition) is 1. The van der Waals surface area contributed by atoms with Crippen LogP contribution in [0.15, 0.2) is 12.5 Å². The molecule has 1 N–H and O–H groups in total. The van der Waals surface area contributed by atoms with Gasteiger partial charge in [-0.1, -0.05) is 0 Å². The molecule has 0 aromatic carbocycles. The highest BCUT2D eigenvalue weighted by molar-refractivity contribution is 7.99. The highest BCUT2D eigenvalue weighted by atomic mass is 32.2. The maximum Gasteiger partial charge on any atom is 0.222 e. The fraction of sp³-hybridized carbons (Fsp3) is 0.667. The zero-order chi connectivity index (χ0) is 12.8. The van der Waals surface area contributed by atoms with Gasteiger partial charge in [-0.25, -0.2) is 4.98 Å². The van der Waals surface area contributed by atoms with Crippen molar-refractivity contribution in [1.82, 2.24) is 14.5 Å². The molecular weight excluding hydrogens is 250 g/mol. The Hall–Kier alpha value is -1.01. The normalized spacial score (nSPS) is 20.1. The number of aryl methyl sites for hydroxylation is 1. The lowest BCUT2D eigenvalue weighted by molar-refractivity contribution is -0.132. The summed E-state index contributed by atoms with van der Waals surface area (Å²) in [6, 6.07) is 0. The van der Waals surface area contributed by atoms with E-state index in [2.05, 4.69) is 11.2 Å². The van der Waals surface area contributed by atoms with E-state index in [0.29, 0.717) is 13.0 Å². The second-order valence-electron chi connectivity index (χ2n) is 4.36. The van der Waals surface area contributed by atoms with Crippen LogP contribution in [0.5, 0.6) is 0 Å². The number of carbonyl (C=O) groups excluding carboxylic acids is 1. The van der Waals surface area contributed by atoms with Gasteiger partial charge in [0.05, 0.1) is 12.9 Å². The van der Waals surface area contributed by atoms with Crippen LogP contribution in [0, 0.1) is 6.20 Å². The highest BCUT2D eigenvalue weighted by Crippen LogP contribution is 2.17. The van der Waals surface area contributed by atoms with Gasteiger partial charge < -0.3 is 14.6 Å². The molecule has 0 spiro atoms. The smallest absolute Gasteiger partial charge is 0.222 e. The Kier molecular flexibility index (Phi) is 5.07. The number of hydrogen-bond acceptors (Lipinski definition) is 4. The molecule has 0 aliphatic carbocycles. The molecule has 1 aliphatic heterocycles. The summed E-state index contributed by atoms with van der Waals surface area (Å²) < 4.78 is 1.96. The summed E-state index contributed by atoms with van der Waals surface area (Å²) in [4.78, 5) is 17.5. The van der Waals surface area contributed by atoms with Gasteiger partial charge in [0.15, 0.2) is 0 Å². The molecule has 1 unspecified atom stereocenters. The van der Waals surface area contributed by atoms with E-state index in [0.717, 1.165) is 31.7 Å². The van der Waals surface area contributed by atoms with E-state index in [1.807, 2.05) is 4.57 Å². The summed E-state index contributed by atoms with van der Waals surface area (Å²) >= 11 is 1.51. The molecule has 6 heteroatoms. The fourth-order valence-corrected chi connectivity index (χ4v) is 2.84. The van der Waals surface area contributed by atoms with E-state index >= 15 is 0 Å². The number of aromatic nitrogens is 2. The summed E-state index contributed by atoms with van der Waals surface area (Å²) in [6.07, 6.45) is 8.68. The molecule has 0 saturated carbocycles. The van der Waals surface area contributed by atoms with E-state index in [-0.39, 0.29) is 5.91 Å². The van der Waals surface area contributed by atoms with Crippen molar-refractivity contribution in [2.45, 2.75) is 31.2 Å². The molecule has 1 aliphatic rings. The van der Waals surface area contributed by atoms with Gasteiger partial charge in [-0.3, -0.25) is 4.79 Å². The van der Waals surface area contributed by atoms with Gasteiger partial charge in [0.25, 0.3) is 0 Å². The first-order valence-corrected chi connectivity index (χ1v) is 7.26. The van der Waals surface area contributed by atoms with Gasteiger partial charge in [-0.15, -0.1) is 11.8 Å². The molecule has 99 valence electrons. The lowest BCUT2D eigenvalue weighted by Gasteiger charge is -2.29. The number of carbonyl (C=O) groups is 1. The van der Waals surface area contributed by atoms with E-state index in [9.17, 15) is 9.90 Å². The second kappa shape index (κ2) is 6.80. The second-order valence-corrected chi connectivity index (χ2v) is 5.65. The molecule has 1 saturated heterocycles. The van der Waals surface area contributed by atoms with Crippen LogP contribution in [0.3, 0.4) is 0 Å². The van der Waals surface area contributed by atoms with E-state index < -0.39 is 5.44 Å². The van der Waals surface area contributed by atoms with Crippen molar-refractivity contribution in [1.29, 1.82) is 0 Å². The Balaban J connectivity index is 1.62. The zero-order valence-corrected chi connectivity index (χ0v) is 11.1. The molecule has 1 radical (unpaired) electrons. The lowest BCUT2D eigenvalue weighted by atomic mass is 10.2. The van der Waals surface area contributed by atoms with Crippen LogP contribution in [0.2, 0.25) is 0 Å². The number of unbranched alkanes of at least 4 members (excludes halogenated alkanes) is 1. The van der Waals surface area contributed by atoms with Gasteiger partial charge in [-0.05, 0) is 12.8 Å². The average molecular weight is 268 g/mol. The Labute approximate surface area is 111 Å². The predicted molar refractivity (Wildman–Crippen MR) is 70.0 cm³/mol. The quantitative estimate of drug-likeness (QED) is 0.801. The minimum atomic E-state index is -0.413. The summed E-state index contributed by atoms with van der Waals surface area (Å²) in [5, 5.41) is 9.48. The van der Waals surface area contributed by atoms with Crippen molar-refractivity contribution in [3.63, 3.8) is 0 Å². The van der Waals surface area contributed by atoms with Crippen LogP contribution < -0.4 is 0 Å². The molecule has 1 fully saturated rings. The standard InChI is InChI=1S/C12H18N3O2S/c16-11(15-7-8-18-12(17)9-15)3-1-2-5-14-6-4-13-10-14/h6,10,12,17H,1-3,5,7-9H2. The molecule has 1 aromatic rings. The summed E-state index contributed by atoms with van der Waals surface area (Å²) in [7, 11) is 0. The van der Waals surface area contributed by atoms with Crippen LogP contribution in [-0.4, -0.2) is 49.7 Å². The van der Waals surface area contributed by atoms with Gasteiger partial charge in [0, 0.05) is 31.5 Å². The summed E-state index contributed by atoms with van der Waals surface area (Å²) in [5.41, 5.74) is -0.413. The van der Waals surface area contributed by atoms with Gasteiger partial charge in [0.1, 0.15) is 11.6 Å². The van der Waals surface area contributed by atoms with E-state index in [1.54, 1.807) is 17.4 Å². The number of aliphatic hydroxyl groups excluding tert-OH is 1. The van der Waals surface area contributed by atoms with E-state index in [1.165, 1.54) is 11.8 Å². The zero-order valence-electron chi connectivity index (χ0n) is 10.3. The maximum absolute atomic E-state index is 11.9.